The largest absolute Gasteiger partial charge is 0.480 e. The van der Waals surface area contributed by atoms with Crippen molar-refractivity contribution in [3.63, 3.8) is 0 Å². The third-order valence-electron chi connectivity index (χ3n) is 4.10. The molecule has 1 unspecified atom stereocenters. The van der Waals surface area contributed by atoms with Crippen molar-refractivity contribution in [3.05, 3.63) is 51.3 Å². The molecule has 1 aliphatic rings. The maximum Gasteiger partial charge on any atom is 0.326 e. The number of aromatic nitrogens is 2. The van der Waals surface area contributed by atoms with E-state index in [1.165, 1.54) is 9.58 Å². The van der Waals surface area contributed by atoms with Crippen molar-refractivity contribution in [2.24, 2.45) is 7.05 Å². The lowest BCUT2D eigenvalue weighted by atomic mass is 9.93. The summed E-state index contributed by atoms with van der Waals surface area (Å²) in [4.78, 5) is 25.9. The topological polar surface area (TPSA) is 75.4 Å². The number of rotatable bonds is 2. The fourth-order valence-electron chi connectivity index (χ4n) is 2.97. The van der Waals surface area contributed by atoms with E-state index in [9.17, 15) is 14.7 Å². The van der Waals surface area contributed by atoms with E-state index in [1.807, 2.05) is 18.2 Å². The number of carbonyl (C=O) groups is 2. The van der Waals surface area contributed by atoms with Gasteiger partial charge in [0.05, 0.1) is 5.69 Å². The molecule has 1 aromatic carbocycles. The Bertz CT molecular complexity index is 800. The van der Waals surface area contributed by atoms with Gasteiger partial charge in [0.15, 0.2) is 0 Å². The Kier molecular flexibility index (Phi) is 3.97. The van der Waals surface area contributed by atoms with E-state index in [0.717, 1.165) is 21.3 Å². The number of amides is 1. The average molecular weight is 378 g/mol. The van der Waals surface area contributed by atoms with E-state index in [4.69, 9.17) is 0 Å². The third kappa shape index (κ3) is 2.76. The van der Waals surface area contributed by atoms with Crippen molar-refractivity contribution in [2.45, 2.75) is 25.9 Å². The molecule has 1 aromatic heterocycles. The van der Waals surface area contributed by atoms with Crippen molar-refractivity contribution >= 4 is 27.8 Å². The van der Waals surface area contributed by atoms with Crippen LogP contribution in [0.25, 0.3) is 0 Å². The maximum absolute atomic E-state index is 12.8. The van der Waals surface area contributed by atoms with Gasteiger partial charge in [-0.3, -0.25) is 9.48 Å². The number of benzene rings is 1. The van der Waals surface area contributed by atoms with Gasteiger partial charge in [0.2, 0.25) is 0 Å². The zero-order valence-electron chi connectivity index (χ0n) is 12.8. The highest BCUT2D eigenvalue weighted by Crippen LogP contribution is 2.30. The molecule has 0 fully saturated rings. The number of nitrogens with zero attached hydrogens (tertiary/aromatic N) is 3. The van der Waals surface area contributed by atoms with Crippen LogP contribution in [0.1, 0.15) is 27.3 Å². The van der Waals surface area contributed by atoms with E-state index in [2.05, 4.69) is 21.0 Å². The summed E-state index contributed by atoms with van der Waals surface area (Å²) >= 11 is 3.46. The second-order valence-corrected chi connectivity index (χ2v) is 6.52. The van der Waals surface area contributed by atoms with Gasteiger partial charge in [-0.2, -0.15) is 5.10 Å². The summed E-state index contributed by atoms with van der Waals surface area (Å²) in [5.74, 6) is -1.32. The van der Waals surface area contributed by atoms with Crippen molar-refractivity contribution in [2.75, 3.05) is 0 Å². The number of carboxylic acid groups (broad SMARTS) is 1. The number of carbonyl (C=O) groups excluding carboxylic acids is 1. The summed E-state index contributed by atoms with van der Waals surface area (Å²) in [7, 11) is 1.69. The van der Waals surface area contributed by atoms with Gasteiger partial charge in [-0.05, 0) is 30.2 Å². The van der Waals surface area contributed by atoms with Crippen LogP contribution >= 0.6 is 15.9 Å². The highest BCUT2D eigenvalue weighted by atomic mass is 79.9. The first-order chi connectivity index (χ1) is 10.9. The second kappa shape index (κ2) is 5.81. The Balaban J connectivity index is 2.01. The molecule has 0 saturated heterocycles. The van der Waals surface area contributed by atoms with Crippen molar-refractivity contribution in [3.8, 4) is 0 Å². The van der Waals surface area contributed by atoms with Gasteiger partial charge in [-0.25, -0.2) is 4.79 Å². The van der Waals surface area contributed by atoms with Crippen LogP contribution in [0.15, 0.2) is 28.7 Å². The van der Waals surface area contributed by atoms with E-state index in [1.54, 1.807) is 20.0 Å². The molecule has 0 radical (unpaired) electrons. The van der Waals surface area contributed by atoms with Crippen LogP contribution in [0.3, 0.4) is 0 Å². The summed E-state index contributed by atoms with van der Waals surface area (Å²) < 4.78 is 2.37. The molecule has 23 heavy (non-hydrogen) atoms. The molecule has 1 aliphatic heterocycles. The lowest BCUT2D eigenvalue weighted by Crippen LogP contribution is -2.49. The number of halogens is 1. The second-order valence-electron chi connectivity index (χ2n) is 5.66. The lowest BCUT2D eigenvalue weighted by Gasteiger charge is -2.34. The van der Waals surface area contributed by atoms with Crippen LogP contribution in [-0.2, 0) is 24.8 Å². The Morgan fingerprint density at radius 1 is 1.39 bits per heavy atom. The summed E-state index contributed by atoms with van der Waals surface area (Å²) in [5, 5.41) is 13.7. The standard InChI is InChI=1S/C16H16BrN3O3/c1-9-6-13(19(2)18-9)15(21)20-8-10-4-3-5-12(17)11(10)7-14(20)16(22)23/h3-6,14H,7-8H2,1-2H3,(H,22,23). The summed E-state index contributed by atoms with van der Waals surface area (Å²) in [6.45, 7) is 2.07. The normalized spacial score (nSPS) is 17.0. The average Bonchev–Trinajstić information content (AvgIpc) is 2.84. The fourth-order valence-corrected chi connectivity index (χ4v) is 3.54. The van der Waals surface area contributed by atoms with Crippen molar-refractivity contribution in [1.29, 1.82) is 0 Å². The molecule has 3 rings (SSSR count). The van der Waals surface area contributed by atoms with Gasteiger partial charge in [0.1, 0.15) is 11.7 Å². The molecule has 0 aliphatic carbocycles. The molecule has 0 spiro atoms. The van der Waals surface area contributed by atoms with E-state index in [-0.39, 0.29) is 18.9 Å². The minimum absolute atomic E-state index is 0.273. The Morgan fingerprint density at radius 3 is 2.74 bits per heavy atom. The van der Waals surface area contributed by atoms with Crippen LogP contribution in [0.2, 0.25) is 0 Å². The Hall–Kier alpha value is -2.15. The first kappa shape index (κ1) is 15.7. The molecular weight excluding hydrogens is 362 g/mol. The predicted octanol–water partition coefficient (Wildman–Crippen LogP) is 2.14. The molecule has 0 saturated carbocycles. The molecule has 1 amide bonds. The first-order valence-electron chi connectivity index (χ1n) is 7.19. The number of carboxylic acids is 1. The van der Waals surface area contributed by atoms with Crippen molar-refractivity contribution in [1.82, 2.24) is 14.7 Å². The SMILES string of the molecule is Cc1cc(C(=O)N2Cc3cccc(Br)c3CC2C(=O)O)n(C)n1. The molecule has 0 bridgehead atoms. The molecule has 2 heterocycles. The van der Waals surface area contributed by atoms with E-state index < -0.39 is 12.0 Å². The summed E-state index contributed by atoms with van der Waals surface area (Å²) in [5.41, 5.74) is 3.03. The van der Waals surface area contributed by atoms with Gasteiger partial charge in [-0.1, -0.05) is 28.1 Å². The van der Waals surface area contributed by atoms with Crippen LogP contribution in [0.4, 0.5) is 0 Å². The number of hydrogen-bond acceptors (Lipinski definition) is 3. The monoisotopic (exact) mass is 377 g/mol. The molecule has 2 aromatic rings. The van der Waals surface area contributed by atoms with Crippen LogP contribution in [0, 0.1) is 6.92 Å². The molecule has 1 N–H and O–H groups in total. The smallest absolute Gasteiger partial charge is 0.326 e. The molecule has 7 heteroatoms. The minimum atomic E-state index is -1.00. The highest BCUT2D eigenvalue weighted by Gasteiger charge is 2.36. The van der Waals surface area contributed by atoms with E-state index in [0.29, 0.717) is 5.69 Å². The van der Waals surface area contributed by atoms with E-state index >= 15 is 0 Å². The minimum Gasteiger partial charge on any atom is -0.480 e. The van der Waals surface area contributed by atoms with Crippen LogP contribution in [0.5, 0.6) is 0 Å². The summed E-state index contributed by atoms with van der Waals surface area (Å²) in [6.07, 6.45) is 0.286. The van der Waals surface area contributed by atoms with Crippen LogP contribution < -0.4 is 0 Å². The third-order valence-corrected chi connectivity index (χ3v) is 4.84. The van der Waals surface area contributed by atoms with Crippen LogP contribution in [-0.4, -0.2) is 37.7 Å². The molecular formula is C16H16BrN3O3. The quantitative estimate of drug-likeness (QED) is 0.869. The Morgan fingerprint density at radius 2 is 2.13 bits per heavy atom. The number of aliphatic carboxylic acids is 1. The number of fused-ring (bicyclic) bond motifs is 1. The fraction of sp³-hybridized carbons (Fsp3) is 0.312. The van der Waals surface area contributed by atoms with Gasteiger partial charge >= 0.3 is 5.97 Å². The first-order valence-corrected chi connectivity index (χ1v) is 7.98. The maximum atomic E-state index is 12.8. The zero-order valence-corrected chi connectivity index (χ0v) is 14.4. The molecule has 120 valence electrons. The van der Waals surface area contributed by atoms with Gasteiger partial charge in [-0.15, -0.1) is 0 Å². The number of hydrogen-bond donors (Lipinski definition) is 1. The predicted molar refractivity (Wildman–Crippen MR) is 87.1 cm³/mol. The number of aryl methyl sites for hydroxylation is 2. The lowest BCUT2D eigenvalue weighted by molar-refractivity contribution is -0.142. The Labute approximate surface area is 141 Å². The molecule has 6 nitrogen and oxygen atoms in total. The van der Waals surface area contributed by atoms with Gasteiger partial charge in [0.25, 0.3) is 5.91 Å². The summed E-state index contributed by atoms with van der Waals surface area (Å²) in [6, 6.07) is 6.49. The highest BCUT2D eigenvalue weighted by molar-refractivity contribution is 9.10. The molecule has 1 atom stereocenters. The van der Waals surface area contributed by atoms with Gasteiger partial charge in [0, 0.05) is 24.5 Å². The zero-order chi connectivity index (χ0) is 16.7. The van der Waals surface area contributed by atoms with Crippen molar-refractivity contribution < 1.29 is 14.7 Å². The van der Waals surface area contributed by atoms with Gasteiger partial charge < -0.3 is 10.0 Å².